The van der Waals surface area contributed by atoms with Crippen LogP contribution in [0.15, 0.2) is 12.3 Å². The molecule has 0 radical (unpaired) electrons. The third-order valence-corrected chi connectivity index (χ3v) is 4.47. The molecule has 1 unspecified atom stereocenters. The van der Waals surface area contributed by atoms with Gasteiger partial charge in [0.25, 0.3) is 5.91 Å². The normalized spacial score (nSPS) is 22.0. The van der Waals surface area contributed by atoms with Crippen LogP contribution in [-0.2, 0) is 0 Å². The topological polar surface area (TPSA) is 71.2 Å². The van der Waals surface area contributed by atoms with Crippen LogP contribution in [0.3, 0.4) is 0 Å². The molecule has 0 bridgehead atoms. The van der Waals surface area contributed by atoms with E-state index in [0.29, 0.717) is 17.6 Å². The number of hydrogen-bond donors (Lipinski definition) is 2. The molecule has 1 amide bonds. The molecule has 1 aliphatic carbocycles. The molecule has 5 heteroatoms. The molecule has 1 aromatic heterocycles. The predicted octanol–water partition coefficient (Wildman–Crippen LogP) is 1.60. The number of anilines is 1. The van der Waals surface area contributed by atoms with E-state index in [-0.39, 0.29) is 5.91 Å². The Morgan fingerprint density at radius 3 is 2.86 bits per heavy atom. The lowest BCUT2D eigenvalue weighted by molar-refractivity contribution is 0.1000. The van der Waals surface area contributed by atoms with Crippen molar-refractivity contribution in [1.29, 1.82) is 0 Å². The zero-order chi connectivity index (χ0) is 14.8. The van der Waals surface area contributed by atoms with Crippen molar-refractivity contribution < 1.29 is 4.79 Å². The van der Waals surface area contributed by atoms with Crippen LogP contribution in [0.1, 0.15) is 48.0 Å². The smallest absolute Gasteiger partial charge is 0.252 e. The third kappa shape index (κ3) is 3.18. The van der Waals surface area contributed by atoms with Crippen LogP contribution in [0.4, 0.5) is 5.82 Å². The molecule has 1 aliphatic heterocycles. The van der Waals surface area contributed by atoms with Gasteiger partial charge in [-0.3, -0.25) is 4.79 Å². The first-order chi connectivity index (χ1) is 10.2. The Bertz CT molecular complexity index is 521. The van der Waals surface area contributed by atoms with Crippen molar-refractivity contribution in [3.8, 4) is 0 Å². The molecule has 3 rings (SSSR count). The highest BCUT2D eigenvalue weighted by molar-refractivity contribution is 5.99. The van der Waals surface area contributed by atoms with Gasteiger partial charge in [-0.1, -0.05) is 6.42 Å². The van der Waals surface area contributed by atoms with Crippen LogP contribution in [0.5, 0.6) is 0 Å². The van der Waals surface area contributed by atoms with Crippen LogP contribution in [0.25, 0.3) is 0 Å². The number of nitrogens with zero attached hydrogens (tertiary/aromatic N) is 2. The van der Waals surface area contributed by atoms with Crippen LogP contribution in [0, 0.1) is 6.92 Å². The Hall–Kier alpha value is -1.62. The second-order valence-corrected chi connectivity index (χ2v) is 6.22. The van der Waals surface area contributed by atoms with Gasteiger partial charge in [0.05, 0.1) is 5.56 Å². The van der Waals surface area contributed by atoms with Crippen molar-refractivity contribution in [3.05, 3.63) is 23.4 Å². The average molecular weight is 288 g/mol. The number of amides is 1. The number of carbonyl (C=O) groups excluding carboxylic acids is 1. The Morgan fingerprint density at radius 1 is 1.43 bits per heavy atom. The number of aromatic nitrogens is 1. The molecule has 2 heterocycles. The van der Waals surface area contributed by atoms with Gasteiger partial charge in [-0.25, -0.2) is 4.98 Å². The Kier molecular flexibility index (Phi) is 4.10. The molecule has 1 atom stereocenters. The summed E-state index contributed by atoms with van der Waals surface area (Å²) in [5.41, 5.74) is 7.08. The fraction of sp³-hybridized carbons (Fsp3) is 0.625. The van der Waals surface area contributed by atoms with Gasteiger partial charge in [-0.05, 0) is 50.8 Å². The summed E-state index contributed by atoms with van der Waals surface area (Å²) < 4.78 is 0. The van der Waals surface area contributed by atoms with Crippen LogP contribution in [0.2, 0.25) is 0 Å². The van der Waals surface area contributed by atoms with E-state index in [1.165, 1.54) is 32.1 Å². The van der Waals surface area contributed by atoms with Gasteiger partial charge in [0.2, 0.25) is 0 Å². The van der Waals surface area contributed by atoms with Gasteiger partial charge in [0, 0.05) is 24.8 Å². The summed E-state index contributed by atoms with van der Waals surface area (Å²) >= 11 is 0. The first-order valence-electron chi connectivity index (χ1n) is 7.92. The monoisotopic (exact) mass is 288 g/mol. The minimum absolute atomic E-state index is 0.377. The summed E-state index contributed by atoms with van der Waals surface area (Å²) in [4.78, 5) is 18.6. The number of aryl methyl sites for hydroxylation is 1. The van der Waals surface area contributed by atoms with E-state index in [2.05, 4.69) is 15.2 Å². The van der Waals surface area contributed by atoms with E-state index < -0.39 is 0 Å². The molecule has 21 heavy (non-hydrogen) atoms. The van der Waals surface area contributed by atoms with E-state index in [9.17, 15) is 4.79 Å². The van der Waals surface area contributed by atoms with Crippen LogP contribution < -0.4 is 16.0 Å². The SMILES string of the molecule is Cc1ccnc(N(CC2CCCCN2)C2CC2)c1C(N)=O. The second-order valence-electron chi connectivity index (χ2n) is 6.22. The lowest BCUT2D eigenvalue weighted by Gasteiger charge is -2.32. The number of carbonyl (C=O) groups is 1. The highest BCUT2D eigenvalue weighted by Gasteiger charge is 2.34. The number of nitrogens with two attached hydrogens (primary N) is 1. The summed E-state index contributed by atoms with van der Waals surface area (Å²) in [5.74, 6) is 0.398. The van der Waals surface area contributed by atoms with Crippen molar-refractivity contribution in [1.82, 2.24) is 10.3 Å². The highest BCUT2D eigenvalue weighted by atomic mass is 16.1. The van der Waals surface area contributed by atoms with Crippen molar-refractivity contribution >= 4 is 11.7 Å². The minimum Gasteiger partial charge on any atom is -0.365 e. The van der Waals surface area contributed by atoms with Crippen molar-refractivity contribution in [2.45, 2.75) is 51.1 Å². The largest absolute Gasteiger partial charge is 0.365 e. The Labute approximate surface area is 125 Å². The van der Waals surface area contributed by atoms with Gasteiger partial charge in [-0.15, -0.1) is 0 Å². The molecule has 0 spiro atoms. The lowest BCUT2D eigenvalue weighted by atomic mass is 10.0. The van der Waals surface area contributed by atoms with Gasteiger partial charge in [0.15, 0.2) is 0 Å². The lowest BCUT2D eigenvalue weighted by Crippen LogP contribution is -2.45. The summed E-state index contributed by atoms with van der Waals surface area (Å²) in [6, 6.07) is 2.86. The standard InChI is InChI=1S/C16H24N4O/c1-11-7-9-19-16(14(11)15(17)21)20(13-5-6-13)10-12-4-2-3-8-18-12/h7,9,12-13,18H,2-6,8,10H2,1H3,(H2,17,21). The quantitative estimate of drug-likeness (QED) is 0.863. The molecule has 1 saturated carbocycles. The van der Waals surface area contributed by atoms with E-state index in [0.717, 1.165) is 24.5 Å². The van der Waals surface area contributed by atoms with E-state index in [4.69, 9.17) is 5.73 Å². The minimum atomic E-state index is -0.377. The molecule has 5 nitrogen and oxygen atoms in total. The van der Waals surface area contributed by atoms with Gasteiger partial charge in [0.1, 0.15) is 5.82 Å². The molecule has 1 aromatic rings. The molecule has 1 saturated heterocycles. The fourth-order valence-electron chi connectivity index (χ4n) is 3.18. The zero-order valence-corrected chi connectivity index (χ0v) is 12.6. The third-order valence-electron chi connectivity index (χ3n) is 4.47. The average Bonchev–Trinajstić information content (AvgIpc) is 3.30. The zero-order valence-electron chi connectivity index (χ0n) is 12.6. The number of hydrogen-bond acceptors (Lipinski definition) is 4. The molecule has 2 aliphatic rings. The maximum absolute atomic E-state index is 11.8. The van der Waals surface area contributed by atoms with Gasteiger partial charge in [-0.2, -0.15) is 0 Å². The number of rotatable bonds is 5. The molecule has 2 fully saturated rings. The maximum atomic E-state index is 11.8. The molecule has 3 N–H and O–H groups in total. The number of primary amides is 1. The predicted molar refractivity (Wildman–Crippen MR) is 83.5 cm³/mol. The van der Waals surface area contributed by atoms with Crippen molar-refractivity contribution in [3.63, 3.8) is 0 Å². The summed E-state index contributed by atoms with van der Waals surface area (Å²) in [7, 11) is 0. The molecule has 114 valence electrons. The summed E-state index contributed by atoms with van der Waals surface area (Å²) in [6.45, 7) is 3.93. The Morgan fingerprint density at radius 2 is 2.24 bits per heavy atom. The van der Waals surface area contributed by atoms with E-state index in [1.54, 1.807) is 6.20 Å². The first kappa shape index (κ1) is 14.3. The van der Waals surface area contributed by atoms with Gasteiger partial charge < -0.3 is 16.0 Å². The Balaban J connectivity index is 1.87. The van der Waals surface area contributed by atoms with Crippen LogP contribution >= 0.6 is 0 Å². The first-order valence-corrected chi connectivity index (χ1v) is 7.92. The maximum Gasteiger partial charge on any atom is 0.252 e. The van der Waals surface area contributed by atoms with Crippen LogP contribution in [-0.4, -0.2) is 36.1 Å². The fourth-order valence-corrected chi connectivity index (χ4v) is 3.18. The highest BCUT2D eigenvalue weighted by Crippen LogP contribution is 2.33. The summed E-state index contributed by atoms with van der Waals surface area (Å²) in [6.07, 6.45) is 7.87. The number of nitrogens with one attached hydrogen (secondary N) is 1. The summed E-state index contributed by atoms with van der Waals surface area (Å²) in [5, 5.41) is 3.58. The number of pyridine rings is 1. The molecular formula is C16H24N4O. The molecule has 0 aromatic carbocycles. The van der Waals surface area contributed by atoms with E-state index >= 15 is 0 Å². The second kappa shape index (κ2) is 6.02. The van der Waals surface area contributed by atoms with E-state index in [1.807, 2.05) is 13.0 Å². The molecular weight excluding hydrogens is 264 g/mol. The number of piperidine rings is 1. The van der Waals surface area contributed by atoms with Gasteiger partial charge >= 0.3 is 0 Å². The van der Waals surface area contributed by atoms with Crippen molar-refractivity contribution in [2.75, 3.05) is 18.0 Å². The van der Waals surface area contributed by atoms with Crippen molar-refractivity contribution in [2.24, 2.45) is 5.73 Å².